The largest absolute Gasteiger partial charge is 0.468 e. The van der Waals surface area contributed by atoms with E-state index < -0.39 is 41.7 Å². The first-order valence-corrected chi connectivity index (χ1v) is 31.9. The van der Waals surface area contributed by atoms with Crippen molar-refractivity contribution in [2.24, 2.45) is 5.92 Å². The number of nitrogens with one attached hydrogen (secondary N) is 1. The first-order chi connectivity index (χ1) is 42.7. The summed E-state index contributed by atoms with van der Waals surface area (Å²) in [6.07, 6.45) is 3.47. The van der Waals surface area contributed by atoms with Crippen LogP contribution < -0.4 is 19.7 Å². The Bertz CT molecular complexity index is 3760. The third-order valence-electron chi connectivity index (χ3n) is 18.2. The topological polar surface area (TPSA) is 231 Å². The number of aromatic nitrogens is 5. The van der Waals surface area contributed by atoms with Crippen LogP contribution in [0, 0.1) is 18.7 Å². The smallest absolute Gasteiger partial charge is 0.410 e. The number of carbonyl (C=O) groups is 4. The highest BCUT2D eigenvalue weighted by Gasteiger charge is 2.47. The van der Waals surface area contributed by atoms with Crippen molar-refractivity contribution in [1.82, 2.24) is 50.0 Å². The molecule has 0 radical (unpaired) electrons. The number of β-amino-alcohol motifs (C(OH)–C–C–N with tert-alkyl or cyclic N) is 1. The summed E-state index contributed by atoms with van der Waals surface area (Å²) in [6, 6.07) is 19.8. The monoisotopic (exact) mass is 1240 g/mol. The Kier molecular flexibility index (Phi) is 17.3. The van der Waals surface area contributed by atoms with Gasteiger partial charge in [-0.15, -0.1) is 11.3 Å². The van der Waals surface area contributed by atoms with Crippen molar-refractivity contribution in [2.75, 3.05) is 57.9 Å². The van der Waals surface area contributed by atoms with E-state index in [1.165, 1.54) is 4.90 Å². The molecule has 0 aliphatic carbocycles. The van der Waals surface area contributed by atoms with Crippen LogP contribution in [-0.2, 0) is 25.5 Å². The summed E-state index contributed by atoms with van der Waals surface area (Å²) < 4.78 is 47.4. The van der Waals surface area contributed by atoms with Gasteiger partial charge in [-0.05, 0) is 112 Å². The molecular formula is C66H78FN11O10S. The summed E-state index contributed by atoms with van der Waals surface area (Å²) >= 11 is 1.57. The van der Waals surface area contributed by atoms with E-state index in [2.05, 4.69) is 38.2 Å². The van der Waals surface area contributed by atoms with Crippen molar-refractivity contribution >= 4 is 62.8 Å². The number of thiazole rings is 1. The van der Waals surface area contributed by atoms with E-state index in [-0.39, 0.29) is 122 Å². The minimum atomic E-state index is -0.892. The van der Waals surface area contributed by atoms with Gasteiger partial charge in [-0.1, -0.05) is 81.4 Å². The number of hydrogen-bond acceptors (Lipinski definition) is 18. The highest BCUT2D eigenvalue weighted by Crippen LogP contribution is 2.41. The Labute approximate surface area is 520 Å². The zero-order valence-corrected chi connectivity index (χ0v) is 52.7. The molecule has 4 amide bonds. The molecule has 2 unspecified atom stereocenters. The normalized spacial score (nSPS) is 22.0. The molecule has 5 fully saturated rings. The number of piperazine rings is 1. The molecule has 2 N–H and O–H groups in total. The number of aliphatic hydroxyl groups excluding tert-OH is 1. The van der Waals surface area contributed by atoms with Crippen molar-refractivity contribution < 1.29 is 52.1 Å². The summed E-state index contributed by atoms with van der Waals surface area (Å²) in [7, 11) is 1.97. The van der Waals surface area contributed by atoms with Gasteiger partial charge >= 0.3 is 18.2 Å². The predicted molar refractivity (Wildman–Crippen MR) is 333 cm³/mol. The number of hydrogen-bond donors (Lipinski definition) is 2. The SMILES string of the molecule is CCc1cccc2cccc(-c3ncc4c(N5CC6CCC(C5)N6C(=O)OC(C)(C)C)nc(OC[C@@H]5CC[C@@H](COC(=O)N6CC(Oc7cc([C@H](C(=O)N8C[C@H](O)C[C@H]8C(=O)N[C@@H](C)c8ccc(-c9scnc9C)cc8)C(C)C)on7)C6)N5C)nc4c3F)c12. The molecule has 470 valence electrons. The number of amides is 4. The summed E-state index contributed by atoms with van der Waals surface area (Å²) in [6.45, 7) is 17.0. The van der Waals surface area contributed by atoms with Crippen molar-refractivity contribution in [3.05, 3.63) is 107 Å². The molecule has 8 atom stereocenters. The van der Waals surface area contributed by atoms with Crippen LogP contribution in [0.1, 0.15) is 115 Å². The summed E-state index contributed by atoms with van der Waals surface area (Å²) in [5, 5.41) is 20.4. The highest BCUT2D eigenvalue weighted by molar-refractivity contribution is 7.13. The van der Waals surface area contributed by atoms with Crippen molar-refractivity contribution in [1.29, 1.82) is 0 Å². The molecule has 21 nitrogen and oxygen atoms in total. The number of anilines is 1. The molecule has 5 aliphatic rings. The van der Waals surface area contributed by atoms with Gasteiger partial charge in [-0.3, -0.25) is 24.4 Å². The Hall–Kier alpha value is -8.02. The van der Waals surface area contributed by atoms with Crippen LogP contribution in [0.15, 0.2) is 83.0 Å². The van der Waals surface area contributed by atoms with Gasteiger partial charge < -0.3 is 48.6 Å². The first-order valence-electron chi connectivity index (χ1n) is 31.0. The van der Waals surface area contributed by atoms with Crippen LogP contribution in [0.4, 0.5) is 19.8 Å². The number of fused-ring (bicyclic) bond motifs is 4. The van der Waals surface area contributed by atoms with Crippen LogP contribution in [-0.4, -0.2) is 175 Å². The number of nitrogens with zero attached hydrogens (tertiary/aromatic N) is 10. The molecule has 9 heterocycles. The standard InChI is InChI=1S/C66H78FN11O10S/c1-10-39-13-11-14-41-15-12-16-49(55(39)41)57-56(67)58-50(27-68-57)60(75-28-43-21-22-44(29-75)78(43)65(83)87-66(6,7)8)72-63(71-58)84-33-45-23-24-46(74(45)9)34-85-64(82)76-31-48(32-76)86-53-26-52(88-73-53)54(36(2)3)62(81)77-30-47(79)25-51(77)61(80)70-37(4)40-17-19-42(20-18-40)59-38(5)69-35-89-59/h11-20,26-27,35-37,43-48,51,54,79H,10,21-25,28-34H2,1-9H3,(H,70,80)/t37-,43?,44?,45-,46-,47+,51-,54+/m0/s1. The number of carbonyl (C=O) groups excluding carboxylic acids is 4. The second-order valence-corrected chi connectivity index (χ2v) is 26.6. The quantitative estimate of drug-likeness (QED) is 0.0863. The third-order valence-corrected chi connectivity index (χ3v) is 19.2. The van der Waals surface area contributed by atoms with Gasteiger partial charge in [0.2, 0.25) is 11.8 Å². The predicted octanol–water partition coefficient (Wildman–Crippen LogP) is 9.87. The van der Waals surface area contributed by atoms with Crippen LogP contribution >= 0.6 is 11.3 Å². The molecule has 3 aromatic carbocycles. The Morgan fingerprint density at radius 3 is 2.29 bits per heavy atom. The van der Waals surface area contributed by atoms with Gasteiger partial charge in [0.1, 0.15) is 53.9 Å². The molecule has 0 spiro atoms. The summed E-state index contributed by atoms with van der Waals surface area (Å²) in [4.78, 5) is 84.1. The maximum Gasteiger partial charge on any atom is 0.410 e. The number of likely N-dealkylation sites (tertiary alicyclic amines) is 3. The molecule has 2 bridgehead atoms. The summed E-state index contributed by atoms with van der Waals surface area (Å²) in [5.41, 5.74) is 6.10. The first kappa shape index (κ1) is 61.2. The molecule has 0 saturated carbocycles. The van der Waals surface area contributed by atoms with Gasteiger partial charge in [0, 0.05) is 56.0 Å². The molecule has 7 aromatic rings. The highest BCUT2D eigenvalue weighted by atomic mass is 32.1. The van der Waals surface area contributed by atoms with Crippen LogP contribution in [0.5, 0.6) is 11.9 Å². The molecule has 5 aliphatic heterocycles. The van der Waals surface area contributed by atoms with Gasteiger partial charge in [0.15, 0.2) is 11.6 Å². The molecular weight excluding hydrogens is 1160 g/mol. The van der Waals surface area contributed by atoms with E-state index >= 15 is 4.39 Å². The van der Waals surface area contributed by atoms with Gasteiger partial charge in [0.25, 0.3) is 5.88 Å². The number of likely N-dealkylation sites (N-methyl/N-ethyl adjacent to an activating group) is 1. The number of aryl methyl sites for hydroxylation is 2. The number of pyridine rings is 1. The fourth-order valence-corrected chi connectivity index (χ4v) is 14.3. The Balaban J connectivity index is 0.653. The lowest BCUT2D eigenvalue weighted by Gasteiger charge is -2.42. The van der Waals surface area contributed by atoms with E-state index in [0.29, 0.717) is 29.9 Å². The molecule has 89 heavy (non-hydrogen) atoms. The molecule has 4 aromatic heterocycles. The second kappa shape index (κ2) is 25.1. The van der Waals surface area contributed by atoms with Gasteiger partial charge in [-0.2, -0.15) is 9.97 Å². The second-order valence-electron chi connectivity index (χ2n) is 25.8. The maximum atomic E-state index is 17.4. The van der Waals surface area contributed by atoms with E-state index in [1.54, 1.807) is 28.5 Å². The lowest BCUT2D eigenvalue weighted by Crippen LogP contribution is -2.57. The summed E-state index contributed by atoms with van der Waals surface area (Å²) in [5.74, 6) is -1.47. The zero-order valence-electron chi connectivity index (χ0n) is 51.9. The number of halogens is 1. The fraction of sp³-hybridized carbons (Fsp3) is 0.500. The average molecular weight is 1240 g/mol. The van der Waals surface area contributed by atoms with E-state index in [0.717, 1.165) is 70.1 Å². The van der Waals surface area contributed by atoms with E-state index in [9.17, 15) is 24.3 Å². The minimum absolute atomic E-state index is 0.00454. The molecule has 12 rings (SSSR count). The number of benzene rings is 3. The number of ether oxygens (including phenoxy) is 4. The minimum Gasteiger partial charge on any atom is -0.468 e. The van der Waals surface area contributed by atoms with Crippen LogP contribution in [0.3, 0.4) is 0 Å². The fourth-order valence-electron chi connectivity index (χ4n) is 13.5. The van der Waals surface area contributed by atoms with Crippen molar-refractivity contribution in [3.63, 3.8) is 0 Å². The Morgan fingerprint density at radius 2 is 1.61 bits per heavy atom. The third kappa shape index (κ3) is 12.5. The average Bonchev–Trinajstić information content (AvgIpc) is 2.01. The van der Waals surface area contributed by atoms with Crippen molar-refractivity contribution in [3.8, 4) is 33.6 Å². The van der Waals surface area contributed by atoms with Crippen molar-refractivity contribution in [2.45, 2.75) is 154 Å². The number of aliphatic hydroxyl groups is 1. The van der Waals surface area contributed by atoms with Gasteiger partial charge in [0.05, 0.1) is 58.8 Å². The number of rotatable bonds is 17. The maximum absolute atomic E-state index is 17.4. The zero-order chi connectivity index (χ0) is 62.6. The lowest BCUT2D eigenvalue weighted by atomic mass is 9.91. The van der Waals surface area contributed by atoms with Gasteiger partial charge in [-0.25, -0.2) is 19.0 Å². The Morgan fingerprint density at radius 1 is 0.888 bits per heavy atom. The van der Waals surface area contributed by atoms with Crippen LogP contribution in [0.2, 0.25) is 0 Å². The molecule has 23 heteroatoms. The molecule has 5 saturated heterocycles. The van der Waals surface area contributed by atoms with E-state index in [4.69, 9.17) is 38.4 Å². The van der Waals surface area contributed by atoms with E-state index in [1.807, 2.05) is 121 Å². The lowest BCUT2D eigenvalue weighted by molar-refractivity contribution is -0.141. The van der Waals surface area contributed by atoms with Crippen LogP contribution in [0.25, 0.3) is 43.4 Å².